The molecule has 14 heavy (non-hydrogen) atoms. The lowest BCUT2D eigenvalue weighted by Gasteiger charge is -2.13. The van der Waals surface area contributed by atoms with Crippen molar-refractivity contribution in [3.63, 3.8) is 0 Å². The summed E-state index contributed by atoms with van der Waals surface area (Å²) in [5.74, 6) is 0. The predicted octanol–water partition coefficient (Wildman–Crippen LogP) is 3.05. The van der Waals surface area contributed by atoms with Crippen LogP contribution in [-0.2, 0) is 0 Å². The first-order valence-electron chi connectivity index (χ1n) is 4.70. The molecule has 3 heteroatoms. The van der Waals surface area contributed by atoms with Crippen LogP contribution in [0.15, 0.2) is 24.3 Å². The Bertz CT molecular complexity index is 345. The highest BCUT2D eigenvalue weighted by atomic mass is 32.2. The Morgan fingerprint density at radius 2 is 1.93 bits per heavy atom. The van der Waals surface area contributed by atoms with Crippen molar-refractivity contribution in [2.45, 2.75) is 25.1 Å². The Morgan fingerprint density at radius 1 is 1.29 bits per heavy atom. The van der Waals surface area contributed by atoms with Gasteiger partial charge in [-0.05, 0) is 19.4 Å². The van der Waals surface area contributed by atoms with Gasteiger partial charge in [-0.15, -0.1) is 0 Å². The summed E-state index contributed by atoms with van der Waals surface area (Å²) in [7, 11) is 0. The molecule has 0 aromatic heterocycles. The molecule has 0 aliphatic carbocycles. The van der Waals surface area contributed by atoms with Gasteiger partial charge in [0.1, 0.15) is 4.32 Å². The van der Waals surface area contributed by atoms with E-state index >= 15 is 0 Å². The topological polar surface area (TPSA) is 12.0 Å². The van der Waals surface area contributed by atoms with Crippen molar-refractivity contribution >= 4 is 28.3 Å². The molecule has 1 heterocycles. The predicted molar refractivity (Wildman–Crippen MR) is 66.7 cm³/mol. The minimum Gasteiger partial charge on any atom is -0.367 e. The van der Waals surface area contributed by atoms with E-state index < -0.39 is 0 Å². The quantitative estimate of drug-likeness (QED) is 0.735. The van der Waals surface area contributed by atoms with Crippen LogP contribution in [0.1, 0.15) is 23.3 Å². The van der Waals surface area contributed by atoms with Gasteiger partial charge in [-0.2, -0.15) is 0 Å². The summed E-state index contributed by atoms with van der Waals surface area (Å²) >= 11 is 6.90. The molecule has 1 saturated heterocycles. The highest BCUT2D eigenvalue weighted by molar-refractivity contribution is 8.23. The van der Waals surface area contributed by atoms with Crippen LogP contribution in [0.5, 0.6) is 0 Å². The zero-order chi connectivity index (χ0) is 10.1. The number of benzene rings is 1. The fourth-order valence-electron chi connectivity index (χ4n) is 1.63. The van der Waals surface area contributed by atoms with Crippen molar-refractivity contribution in [1.29, 1.82) is 0 Å². The third kappa shape index (κ3) is 1.93. The third-order valence-electron chi connectivity index (χ3n) is 2.44. The van der Waals surface area contributed by atoms with Gasteiger partial charge in [0.25, 0.3) is 0 Å². The summed E-state index contributed by atoms with van der Waals surface area (Å²) in [6.07, 6.45) is 0. The molecule has 2 rings (SSSR count). The van der Waals surface area contributed by atoms with Gasteiger partial charge in [0.15, 0.2) is 0 Å². The molecule has 1 nitrogen and oxygen atoms in total. The first-order chi connectivity index (χ1) is 6.66. The highest BCUT2D eigenvalue weighted by Crippen LogP contribution is 2.37. The van der Waals surface area contributed by atoms with Gasteiger partial charge in [-0.3, -0.25) is 0 Å². The van der Waals surface area contributed by atoms with E-state index in [2.05, 4.69) is 43.4 Å². The van der Waals surface area contributed by atoms with Crippen LogP contribution >= 0.6 is 24.0 Å². The number of nitrogens with one attached hydrogen (secondary N) is 1. The summed E-state index contributed by atoms with van der Waals surface area (Å²) in [5.41, 5.74) is 2.67. The van der Waals surface area contributed by atoms with E-state index in [1.165, 1.54) is 11.1 Å². The first-order valence-corrected chi connectivity index (χ1v) is 5.99. The number of hydrogen-bond donors (Lipinski definition) is 1. The largest absolute Gasteiger partial charge is 0.367 e. The average molecular weight is 223 g/mol. The van der Waals surface area contributed by atoms with E-state index in [1.54, 1.807) is 11.8 Å². The Hall–Kier alpha value is -0.540. The lowest BCUT2D eigenvalue weighted by molar-refractivity contribution is 0.674. The second-order valence-corrected chi connectivity index (χ2v) is 5.49. The van der Waals surface area contributed by atoms with E-state index in [4.69, 9.17) is 12.2 Å². The monoisotopic (exact) mass is 223 g/mol. The van der Waals surface area contributed by atoms with Gasteiger partial charge in [-0.1, -0.05) is 53.8 Å². The van der Waals surface area contributed by atoms with Gasteiger partial charge in [-0.25, -0.2) is 0 Å². The van der Waals surface area contributed by atoms with Crippen LogP contribution in [0.4, 0.5) is 0 Å². The number of thioether (sulfide) groups is 1. The summed E-state index contributed by atoms with van der Waals surface area (Å²) in [6.45, 7) is 4.29. The molecule has 1 N–H and O–H groups in total. The Morgan fingerprint density at radius 3 is 2.43 bits per heavy atom. The molecule has 1 aromatic rings. The second-order valence-electron chi connectivity index (χ2n) is 3.67. The zero-order valence-electron chi connectivity index (χ0n) is 8.28. The maximum absolute atomic E-state index is 5.15. The SMILES string of the molecule is Cc1ccc(C2SC(=S)NC2C)cc1. The molecule has 74 valence electrons. The maximum Gasteiger partial charge on any atom is 0.134 e. The molecule has 1 aliphatic heterocycles. The molecule has 1 aromatic carbocycles. The molecule has 0 radical (unpaired) electrons. The molecule has 0 spiro atoms. The number of aryl methyl sites for hydroxylation is 1. The standard InChI is InChI=1S/C11H13NS2/c1-7-3-5-9(6-4-7)10-8(2)12-11(13)14-10/h3-6,8,10H,1-2H3,(H,12,13). The number of thiocarbonyl (C=S) groups is 1. The second kappa shape index (κ2) is 3.91. The van der Waals surface area contributed by atoms with Crippen molar-refractivity contribution in [2.24, 2.45) is 0 Å². The van der Waals surface area contributed by atoms with E-state index in [0.717, 1.165) is 4.32 Å². The van der Waals surface area contributed by atoms with Gasteiger partial charge in [0.2, 0.25) is 0 Å². The van der Waals surface area contributed by atoms with E-state index in [1.807, 2.05) is 0 Å². The Balaban J connectivity index is 2.23. The molecule has 0 bridgehead atoms. The first kappa shape index (κ1) is 9.99. The fraction of sp³-hybridized carbons (Fsp3) is 0.364. The number of rotatable bonds is 1. The Kier molecular flexibility index (Phi) is 2.79. The molecular formula is C11H13NS2. The van der Waals surface area contributed by atoms with Crippen LogP contribution in [-0.4, -0.2) is 10.4 Å². The summed E-state index contributed by atoms with van der Waals surface area (Å²) < 4.78 is 0.920. The van der Waals surface area contributed by atoms with E-state index in [9.17, 15) is 0 Å². The molecule has 1 fully saturated rings. The van der Waals surface area contributed by atoms with Crippen molar-refractivity contribution < 1.29 is 0 Å². The Labute approximate surface area is 94.3 Å². The van der Waals surface area contributed by atoms with Gasteiger partial charge >= 0.3 is 0 Å². The molecule has 0 saturated carbocycles. The van der Waals surface area contributed by atoms with E-state index in [0.29, 0.717) is 11.3 Å². The van der Waals surface area contributed by atoms with Gasteiger partial charge in [0, 0.05) is 6.04 Å². The highest BCUT2D eigenvalue weighted by Gasteiger charge is 2.28. The normalized spacial score (nSPS) is 26.3. The van der Waals surface area contributed by atoms with Crippen molar-refractivity contribution in [3.05, 3.63) is 35.4 Å². The smallest absolute Gasteiger partial charge is 0.134 e. The van der Waals surface area contributed by atoms with Crippen LogP contribution in [0.2, 0.25) is 0 Å². The summed E-state index contributed by atoms with van der Waals surface area (Å²) in [6, 6.07) is 9.14. The lowest BCUT2D eigenvalue weighted by atomic mass is 10.1. The van der Waals surface area contributed by atoms with Crippen LogP contribution in [0.25, 0.3) is 0 Å². The summed E-state index contributed by atoms with van der Waals surface area (Å²) in [5, 5.41) is 3.75. The van der Waals surface area contributed by atoms with E-state index in [-0.39, 0.29) is 0 Å². The third-order valence-corrected chi connectivity index (χ3v) is 4.11. The molecule has 0 amide bonds. The van der Waals surface area contributed by atoms with Crippen molar-refractivity contribution in [2.75, 3.05) is 0 Å². The molecular weight excluding hydrogens is 210 g/mol. The fourth-order valence-corrected chi connectivity index (χ4v) is 3.17. The van der Waals surface area contributed by atoms with Crippen LogP contribution in [0.3, 0.4) is 0 Å². The minimum atomic E-state index is 0.440. The average Bonchev–Trinajstić information content (AvgIpc) is 2.47. The maximum atomic E-state index is 5.15. The number of hydrogen-bond acceptors (Lipinski definition) is 2. The minimum absolute atomic E-state index is 0.440. The molecule has 2 atom stereocenters. The van der Waals surface area contributed by atoms with Crippen LogP contribution < -0.4 is 5.32 Å². The van der Waals surface area contributed by atoms with Crippen LogP contribution in [0, 0.1) is 6.92 Å². The van der Waals surface area contributed by atoms with Gasteiger partial charge < -0.3 is 5.32 Å². The molecule has 1 aliphatic rings. The lowest BCUT2D eigenvalue weighted by Crippen LogP contribution is -2.23. The van der Waals surface area contributed by atoms with Gasteiger partial charge in [0.05, 0.1) is 5.25 Å². The summed E-state index contributed by atoms with van der Waals surface area (Å²) in [4.78, 5) is 0. The molecule has 2 unspecified atom stereocenters. The van der Waals surface area contributed by atoms with Crippen molar-refractivity contribution in [1.82, 2.24) is 5.32 Å². The zero-order valence-corrected chi connectivity index (χ0v) is 9.91. The van der Waals surface area contributed by atoms with Crippen molar-refractivity contribution in [3.8, 4) is 0 Å².